The number of benzene rings is 1. The van der Waals surface area contributed by atoms with Crippen LogP contribution in [0.1, 0.15) is 39.2 Å². The maximum Gasteiger partial charge on any atom is 0.164 e. The molecule has 2 fully saturated rings. The lowest BCUT2D eigenvalue weighted by Crippen LogP contribution is -2.53. The van der Waals surface area contributed by atoms with Crippen LogP contribution in [0.4, 0.5) is 0 Å². The van der Waals surface area contributed by atoms with Gasteiger partial charge in [-0.1, -0.05) is 30.3 Å². The number of hydrogen-bond donors (Lipinski definition) is 0. The molecule has 2 saturated heterocycles. The number of rotatable bonds is 7. The molecular weight excluding hydrogens is 344 g/mol. The molecule has 0 unspecified atom stereocenters. The third-order valence-corrected chi connectivity index (χ3v) is 4.96. The number of hydrazone groups is 1. The van der Waals surface area contributed by atoms with Crippen LogP contribution in [-0.2, 0) is 25.6 Å². The van der Waals surface area contributed by atoms with E-state index in [-0.39, 0.29) is 12.2 Å². The summed E-state index contributed by atoms with van der Waals surface area (Å²) in [6.07, 6.45) is 1.88. The third kappa shape index (κ3) is 5.51. The Morgan fingerprint density at radius 3 is 2.70 bits per heavy atom. The molecule has 0 aromatic heterocycles. The van der Waals surface area contributed by atoms with Gasteiger partial charge in [0.2, 0.25) is 0 Å². The van der Waals surface area contributed by atoms with Gasteiger partial charge in [-0.25, -0.2) is 0 Å². The highest BCUT2D eigenvalue weighted by Crippen LogP contribution is 2.27. The SMILES string of the molecule is COC[C@@H]1CCCN1/N=C1/[C@H](C)OC(C)(C)O[C@H]1COCc1ccccc1. The predicted octanol–water partition coefficient (Wildman–Crippen LogP) is 3.21. The molecule has 0 aliphatic carbocycles. The lowest BCUT2D eigenvalue weighted by atomic mass is 10.1. The minimum atomic E-state index is -0.657. The van der Waals surface area contributed by atoms with Gasteiger partial charge >= 0.3 is 0 Å². The minimum absolute atomic E-state index is 0.122. The lowest BCUT2D eigenvalue weighted by Gasteiger charge is -2.41. The Labute approximate surface area is 162 Å². The van der Waals surface area contributed by atoms with Crippen molar-refractivity contribution in [3.05, 3.63) is 35.9 Å². The highest BCUT2D eigenvalue weighted by molar-refractivity contribution is 5.93. The van der Waals surface area contributed by atoms with Gasteiger partial charge in [0.1, 0.15) is 12.2 Å². The van der Waals surface area contributed by atoms with Gasteiger partial charge in [0.25, 0.3) is 0 Å². The zero-order valence-electron chi connectivity index (χ0n) is 16.9. The molecule has 0 N–H and O–H groups in total. The Morgan fingerprint density at radius 2 is 1.96 bits per heavy atom. The van der Waals surface area contributed by atoms with Crippen LogP contribution >= 0.6 is 0 Å². The van der Waals surface area contributed by atoms with Crippen molar-refractivity contribution in [2.45, 2.75) is 64.3 Å². The Hall–Kier alpha value is -1.47. The van der Waals surface area contributed by atoms with Crippen molar-refractivity contribution in [2.24, 2.45) is 5.10 Å². The normalized spacial score (nSPS) is 29.4. The molecule has 6 nitrogen and oxygen atoms in total. The molecule has 0 radical (unpaired) electrons. The van der Waals surface area contributed by atoms with Crippen molar-refractivity contribution >= 4 is 5.71 Å². The third-order valence-electron chi connectivity index (χ3n) is 4.96. The van der Waals surface area contributed by atoms with Crippen molar-refractivity contribution in [3.8, 4) is 0 Å². The zero-order valence-corrected chi connectivity index (χ0v) is 16.9. The van der Waals surface area contributed by atoms with Crippen molar-refractivity contribution in [1.82, 2.24) is 5.01 Å². The zero-order chi connectivity index (χ0) is 19.3. The molecule has 3 rings (SSSR count). The molecule has 2 aliphatic rings. The van der Waals surface area contributed by atoms with E-state index in [1.165, 1.54) is 0 Å². The molecule has 2 heterocycles. The minimum Gasteiger partial charge on any atom is -0.382 e. The molecule has 0 amide bonds. The molecule has 0 spiro atoms. The molecule has 27 heavy (non-hydrogen) atoms. The Bertz CT molecular complexity index is 620. The topological polar surface area (TPSA) is 52.5 Å². The first-order valence-electron chi connectivity index (χ1n) is 9.80. The van der Waals surface area contributed by atoms with Crippen LogP contribution in [0.5, 0.6) is 0 Å². The van der Waals surface area contributed by atoms with E-state index in [2.05, 4.69) is 17.1 Å². The van der Waals surface area contributed by atoms with Gasteiger partial charge in [-0.3, -0.25) is 5.01 Å². The van der Waals surface area contributed by atoms with E-state index in [9.17, 15) is 0 Å². The van der Waals surface area contributed by atoms with Crippen LogP contribution in [0.15, 0.2) is 35.4 Å². The summed E-state index contributed by atoms with van der Waals surface area (Å²) in [6, 6.07) is 10.5. The van der Waals surface area contributed by atoms with Crippen LogP contribution in [-0.4, -0.2) is 61.6 Å². The number of nitrogens with zero attached hydrogens (tertiary/aromatic N) is 2. The monoisotopic (exact) mass is 376 g/mol. The summed E-state index contributed by atoms with van der Waals surface area (Å²) in [4.78, 5) is 0. The van der Waals surface area contributed by atoms with E-state index in [1.807, 2.05) is 39.0 Å². The van der Waals surface area contributed by atoms with Gasteiger partial charge in [0.05, 0.1) is 31.6 Å². The van der Waals surface area contributed by atoms with Crippen LogP contribution in [0.2, 0.25) is 0 Å². The first kappa shape index (κ1) is 20.3. The lowest BCUT2D eigenvalue weighted by molar-refractivity contribution is -0.260. The van der Waals surface area contributed by atoms with Crippen LogP contribution in [0, 0.1) is 0 Å². The Kier molecular flexibility index (Phi) is 6.87. The van der Waals surface area contributed by atoms with E-state index in [4.69, 9.17) is 24.0 Å². The highest BCUT2D eigenvalue weighted by Gasteiger charge is 2.39. The fourth-order valence-corrected chi connectivity index (χ4v) is 3.76. The number of hydrogen-bond acceptors (Lipinski definition) is 6. The summed E-state index contributed by atoms with van der Waals surface area (Å²) >= 11 is 0. The molecule has 0 saturated carbocycles. The van der Waals surface area contributed by atoms with Gasteiger partial charge in [0.15, 0.2) is 5.79 Å². The van der Waals surface area contributed by atoms with E-state index in [0.717, 1.165) is 30.7 Å². The quantitative estimate of drug-likeness (QED) is 0.731. The number of methoxy groups -OCH3 is 1. The highest BCUT2D eigenvalue weighted by atomic mass is 16.7. The number of ether oxygens (including phenoxy) is 4. The fourth-order valence-electron chi connectivity index (χ4n) is 3.76. The molecule has 3 atom stereocenters. The molecule has 150 valence electrons. The van der Waals surface area contributed by atoms with Gasteiger partial charge < -0.3 is 18.9 Å². The van der Waals surface area contributed by atoms with Crippen molar-refractivity contribution < 1.29 is 18.9 Å². The van der Waals surface area contributed by atoms with Crippen molar-refractivity contribution in [2.75, 3.05) is 26.9 Å². The van der Waals surface area contributed by atoms with Gasteiger partial charge in [-0.15, -0.1) is 0 Å². The average molecular weight is 376 g/mol. The van der Waals surface area contributed by atoms with Gasteiger partial charge in [0, 0.05) is 13.7 Å². The molecule has 6 heteroatoms. The van der Waals surface area contributed by atoms with E-state index < -0.39 is 5.79 Å². The Morgan fingerprint density at radius 1 is 1.19 bits per heavy atom. The summed E-state index contributed by atoms with van der Waals surface area (Å²) in [6.45, 7) is 8.54. The van der Waals surface area contributed by atoms with Crippen LogP contribution < -0.4 is 0 Å². The van der Waals surface area contributed by atoms with E-state index in [1.54, 1.807) is 7.11 Å². The maximum absolute atomic E-state index is 6.16. The van der Waals surface area contributed by atoms with Crippen LogP contribution in [0.3, 0.4) is 0 Å². The first-order valence-corrected chi connectivity index (χ1v) is 9.80. The largest absolute Gasteiger partial charge is 0.382 e. The Balaban J connectivity index is 1.69. The van der Waals surface area contributed by atoms with Gasteiger partial charge in [-0.2, -0.15) is 5.10 Å². The average Bonchev–Trinajstić information content (AvgIpc) is 3.05. The summed E-state index contributed by atoms with van der Waals surface area (Å²) in [5, 5.41) is 7.06. The summed E-state index contributed by atoms with van der Waals surface area (Å²) in [5.41, 5.74) is 2.04. The molecular formula is C21H32N2O4. The fraction of sp³-hybridized carbons (Fsp3) is 0.667. The van der Waals surface area contributed by atoms with E-state index >= 15 is 0 Å². The second-order valence-electron chi connectivity index (χ2n) is 7.71. The molecule has 1 aromatic rings. The smallest absolute Gasteiger partial charge is 0.164 e. The second-order valence-corrected chi connectivity index (χ2v) is 7.71. The molecule has 0 bridgehead atoms. The molecule has 1 aromatic carbocycles. The second kappa shape index (κ2) is 9.15. The van der Waals surface area contributed by atoms with E-state index in [0.29, 0.717) is 25.9 Å². The molecule has 2 aliphatic heterocycles. The first-order chi connectivity index (χ1) is 13.0. The van der Waals surface area contributed by atoms with Crippen molar-refractivity contribution in [1.29, 1.82) is 0 Å². The van der Waals surface area contributed by atoms with Gasteiger partial charge in [-0.05, 0) is 39.2 Å². The maximum atomic E-state index is 6.16. The van der Waals surface area contributed by atoms with Crippen molar-refractivity contribution in [3.63, 3.8) is 0 Å². The summed E-state index contributed by atoms with van der Waals surface area (Å²) in [7, 11) is 1.74. The summed E-state index contributed by atoms with van der Waals surface area (Å²) in [5.74, 6) is -0.657. The standard InChI is InChI=1S/C21H32N2O4/c1-16-20(22-23-12-8-11-18(23)14-24-4)19(27-21(2,3)26-16)15-25-13-17-9-6-5-7-10-17/h5-7,9-10,16,18-19H,8,11-15H2,1-4H3/b22-20-/t16-,18-,19-/m0/s1. The summed E-state index contributed by atoms with van der Waals surface area (Å²) < 4.78 is 23.5. The van der Waals surface area contributed by atoms with Crippen LogP contribution in [0.25, 0.3) is 0 Å². The predicted molar refractivity (Wildman–Crippen MR) is 105 cm³/mol.